The quantitative estimate of drug-likeness (QED) is 0.642. The van der Waals surface area contributed by atoms with Crippen molar-refractivity contribution in [3.05, 3.63) is 57.9 Å². The highest BCUT2D eigenvalue weighted by Gasteiger charge is 2.19. The van der Waals surface area contributed by atoms with Crippen LogP contribution in [-0.2, 0) is 16.0 Å². The molecule has 1 amide bonds. The largest absolute Gasteiger partial charge is 0.481 e. The summed E-state index contributed by atoms with van der Waals surface area (Å²) in [6, 6.07) is 9.16. The lowest BCUT2D eigenvalue weighted by atomic mass is 10.1. The number of carboxylic acid groups (broad SMARTS) is 1. The van der Waals surface area contributed by atoms with E-state index in [1.54, 1.807) is 0 Å². The van der Waals surface area contributed by atoms with E-state index < -0.39 is 12.0 Å². The molecule has 1 aromatic carbocycles. The Labute approximate surface area is 143 Å². The molecule has 0 saturated heterocycles. The van der Waals surface area contributed by atoms with E-state index in [1.165, 1.54) is 11.3 Å². The number of aryl methyl sites for hydroxylation is 1. The van der Waals surface area contributed by atoms with Crippen LogP contribution in [0.25, 0.3) is 10.9 Å². The topological polar surface area (TPSA) is 82.2 Å². The summed E-state index contributed by atoms with van der Waals surface area (Å²) in [5.74, 6) is -1.12. The molecule has 0 aliphatic carbocycles. The Bertz CT molecular complexity index is 868. The predicted molar refractivity (Wildman–Crippen MR) is 94.2 cm³/mol. The van der Waals surface area contributed by atoms with Crippen LogP contribution >= 0.6 is 11.3 Å². The lowest BCUT2D eigenvalue weighted by Crippen LogP contribution is -2.30. The lowest BCUT2D eigenvalue weighted by molar-refractivity contribution is -0.137. The number of amides is 1. The molecule has 0 aliphatic rings. The maximum atomic E-state index is 12.4. The van der Waals surface area contributed by atoms with Gasteiger partial charge in [-0.05, 0) is 29.5 Å². The van der Waals surface area contributed by atoms with Crippen LogP contribution in [-0.4, -0.2) is 22.0 Å². The molecule has 0 bridgehead atoms. The lowest BCUT2D eigenvalue weighted by Gasteiger charge is -2.15. The van der Waals surface area contributed by atoms with Gasteiger partial charge in [-0.1, -0.05) is 24.3 Å². The van der Waals surface area contributed by atoms with Crippen molar-refractivity contribution in [1.82, 2.24) is 10.3 Å². The molecule has 1 atom stereocenters. The Kier molecular flexibility index (Phi) is 4.66. The van der Waals surface area contributed by atoms with Crippen molar-refractivity contribution >= 4 is 34.1 Å². The summed E-state index contributed by atoms with van der Waals surface area (Å²) in [7, 11) is 0. The molecule has 24 heavy (non-hydrogen) atoms. The number of carboxylic acids is 1. The van der Waals surface area contributed by atoms with E-state index in [0.29, 0.717) is 0 Å². The molecule has 6 heteroatoms. The number of benzene rings is 1. The van der Waals surface area contributed by atoms with Gasteiger partial charge in [0.1, 0.15) is 0 Å². The zero-order valence-electron chi connectivity index (χ0n) is 13.2. The number of rotatable bonds is 6. The monoisotopic (exact) mass is 342 g/mol. The number of hydrogen-bond acceptors (Lipinski definition) is 3. The van der Waals surface area contributed by atoms with Gasteiger partial charge in [0.05, 0.1) is 18.9 Å². The summed E-state index contributed by atoms with van der Waals surface area (Å²) in [4.78, 5) is 27.5. The normalized spacial score (nSPS) is 12.2. The van der Waals surface area contributed by atoms with Crippen LogP contribution in [0.4, 0.5) is 0 Å². The van der Waals surface area contributed by atoms with E-state index in [9.17, 15) is 9.59 Å². The first-order valence-corrected chi connectivity index (χ1v) is 8.52. The minimum absolute atomic E-state index is 0.126. The Morgan fingerprint density at radius 2 is 2.12 bits per heavy atom. The third kappa shape index (κ3) is 3.49. The first-order valence-electron chi connectivity index (χ1n) is 7.64. The van der Waals surface area contributed by atoms with E-state index in [0.717, 1.165) is 26.9 Å². The van der Waals surface area contributed by atoms with Gasteiger partial charge in [-0.15, -0.1) is 11.3 Å². The number of thiophene rings is 1. The second kappa shape index (κ2) is 6.88. The summed E-state index contributed by atoms with van der Waals surface area (Å²) >= 11 is 1.44. The average molecular weight is 342 g/mol. The van der Waals surface area contributed by atoms with Gasteiger partial charge in [0.25, 0.3) is 0 Å². The minimum Gasteiger partial charge on any atom is -0.481 e. The van der Waals surface area contributed by atoms with Gasteiger partial charge < -0.3 is 15.4 Å². The van der Waals surface area contributed by atoms with E-state index >= 15 is 0 Å². The van der Waals surface area contributed by atoms with Gasteiger partial charge in [-0.3, -0.25) is 9.59 Å². The van der Waals surface area contributed by atoms with E-state index in [4.69, 9.17) is 5.11 Å². The van der Waals surface area contributed by atoms with Crippen molar-refractivity contribution < 1.29 is 14.7 Å². The van der Waals surface area contributed by atoms with Crippen LogP contribution in [0.1, 0.15) is 28.5 Å². The molecule has 0 saturated carbocycles. The fourth-order valence-electron chi connectivity index (χ4n) is 2.82. The van der Waals surface area contributed by atoms with Crippen LogP contribution in [0.2, 0.25) is 0 Å². The van der Waals surface area contributed by atoms with Gasteiger partial charge in [0.2, 0.25) is 5.91 Å². The minimum atomic E-state index is -0.934. The summed E-state index contributed by atoms with van der Waals surface area (Å²) in [6.45, 7) is 2.02. The van der Waals surface area contributed by atoms with E-state index in [-0.39, 0.29) is 18.7 Å². The fourth-order valence-corrected chi connectivity index (χ4v) is 3.59. The molecule has 3 N–H and O–H groups in total. The predicted octanol–water partition coefficient (Wildman–Crippen LogP) is 3.41. The number of aromatic nitrogens is 1. The number of carbonyl (C=O) groups excluding carboxylic acids is 1. The summed E-state index contributed by atoms with van der Waals surface area (Å²) < 4.78 is 0. The highest BCUT2D eigenvalue weighted by atomic mass is 32.1. The first-order chi connectivity index (χ1) is 11.5. The molecular formula is C18H18N2O3S. The number of fused-ring (bicyclic) bond motifs is 1. The Morgan fingerprint density at radius 1 is 1.29 bits per heavy atom. The Balaban J connectivity index is 1.75. The van der Waals surface area contributed by atoms with Crippen LogP contribution in [0.5, 0.6) is 0 Å². The van der Waals surface area contributed by atoms with Crippen molar-refractivity contribution in [2.45, 2.75) is 25.8 Å². The zero-order valence-corrected chi connectivity index (χ0v) is 14.0. The van der Waals surface area contributed by atoms with Crippen LogP contribution in [0.3, 0.4) is 0 Å². The number of aromatic amines is 1. The van der Waals surface area contributed by atoms with Crippen molar-refractivity contribution in [2.24, 2.45) is 0 Å². The smallest absolute Gasteiger partial charge is 0.305 e. The second-order valence-corrected chi connectivity index (χ2v) is 6.70. The van der Waals surface area contributed by atoms with Gasteiger partial charge in [0, 0.05) is 22.0 Å². The Morgan fingerprint density at radius 3 is 2.83 bits per heavy atom. The third-order valence-electron chi connectivity index (χ3n) is 3.96. The zero-order chi connectivity index (χ0) is 17.1. The third-order valence-corrected chi connectivity index (χ3v) is 4.95. The number of nitrogens with one attached hydrogen (secondary N) is 2. The number of hydrogen-bond donors (Lipinski definition) is 3. The van der Waals surface area contributed by atoms with Crippen LogP contribution in [0.15, 0.2) is 41.9 Å². The van der Waals surface area contributed by atoms with Crippen LogP contribution < -0.4 is 5.32 Å². The molecule has 0 radical (unpaired) electrons. The van der Waals surface area contributed by atoms with Gasteiger partial charge in [0.15, 0.2) is 0 Å². The molecular weight excluding hydrogens is 324 g/mol. The highest BCUT2D eigenvalue weighted by Crippen LogP contribution is 2.24. The molecule has 124 valence electrons. The molecule has 0 fully saturated rings. The number of H-pyrrole nitrogens is 1. The molecule has 0 spiro atoms. The fraction of sp³-hybridized carbons (Fsp3) is 0.222. The number of carbonyl (C=O) groups is 2. The van der Waals surface area contributed by atoms with E-state index in [1.807, 2.05) is 48.8 Å². The van der Waals surface area contributed by atoms with Gasteiger partial charge in [-0.25, -0.2) is 0 Å². The summed E-state index contributed by atoms with van der Waals surface area (Å²) in [5, 5.41) is 14.8. The number of aliphatic carboxylic acids is 1. The van der Waals surface area contributed by atoms with Crippen LogP contribution in [0, 0.1) is 6.92 Å². The Hall–Kier alpha value is -2.60. The highest BCUT2D eigenvalue weighted by molar-refractivity contribution is 7.10. The average Bonchev–Trinajstić information content (AvgIpc) is 3.17. The maximum absolute atomic E-state index is 12.4. The molecule has 0 aliphatic heterocycles. The summed E-state index contributed by atoms with van der Waals surface area (Å²) in [6.07, 6.45) is 1.93. The molecule has 5 nitrogen and oxygen atoms in total. The van der Waals surface area contributed by atoms with Gasteiger partial charge in [-0.2, -0.15) is 0 Å². The standard InChI is InChI=1S/C18H18N2O3S/c1-11-4-2-5-13-12(10-19-18(11)13)8-16(21)20-14(9-17(22)23)15-6-3-7-24-15/h2-7,10,14,19H,8-9H2,1H3,(H,20,21)(H,22,23). The van der Waals surface area contributed by atoms with Crippen molar-refractivity contribution in [1.29, 1.82) is 0 Å². The molecule has 1 unspecified atom stereocenters. The van der Waals surface area contributed by atoms with E-state index in [2.05, 4.69) is 10.3 Å². The van der Waals surface area contributed by atoms with Crippen molar-refractivity contribution in [3.63, 3.8) is 0 Å². The first kappa shape index (κ1) is 16.3. The van der Waals surface area contributed by atoms with Crippen molar-refractivity contribution in [2.75, 3.05) is 0 Å². The molecule has 3 aromatic rings. The van der Waals surface area contributed by atoms with Gasteiger partial charge >= 0.3 is 5.97 Å². The second-order valence-electron chi connectivity index (χ2n) is 5.72. The maximum Gasteiger partial charge on any atom is 0.305 e. The SMILES string of the molecule is Cc1cccc2c(CC(=O)NC(CC(=O)O)c3cccs3)c[nH]c12. The molecule has 2 heterocycles. The summed E-state index contributed by atoms with van der Waals surface area (Å²) in [5.41, 5.74) is 3.06. The number of para-hydroxylation sites is 1. The van der Waals surface area contributed by atoms with Crippen molar-refractivity contribution in [3.8, 4) is 0 Å². The molecule has 2 aromatic heterocycles. The molecule has 3 rings (SSSR count).